The minimum atomic E-state index is -0.0212. The summed E-state index contributed by atoms with van der Waals surface area (Å²) in [6, 6.07) is 10.7. The zero-order chi connectivity index (χ0) is 21.2. The molecule has 0 saturated carbocycles. The number of hydrogen-bond donors (Lipinski definition) is 2. The first-order chi connectivity index (χ1) is 13.9. The number of nitrogens with zero attached hydrogens (tertiary/aromatic N) is 3. The molecule has 2 rings (SSSR count). The molecule has 1 amide bonds. The van der Waals surface area contributed by atoms with Crippen LogP contribution in [-0.2, 0) is 9.53 Å². The summed E-state index contributed by atoms with van der Waals surface area (Å²) in [6.07, 6.45) is 0. The summed E-state index contributed by atoms with van der Waals surface area (Å²) in [5, 5.41) is 6.93. The lowest BCUT2D eigenvalue weighted by atomic mass is 10.0. The SMILES string of the molecule is CC(NC(=NCC(=O)N(C)C)NCC(C(C)C)N1CCOCC1)c1ccccc1. The van der Waals surface area contributed by atoms with Gasteiger partial charge in [-0.25, -0.2) is 4.99 Å². The molecule has 2 N–H and O–H groups in total. The van der Waals surface area contributed by atoms with Crippen molar-refractivity contribution in [2.45, 2.75) is 32.9 Å². The van der Waals surface area contributed by atoms with Crippen LogP contribution in [0.3, 0.4) is 0 Å². The van der Waals surface area contributed by atoms with Gasteiger partial charge in [-0.05, 0) is 18.4 Å². The molecule has 1 aliphatic rings. The zero-order valence-corrected chi connectivity index (χ0v) is 18.5. The van der Waals surface area contributed by atoms with Gasteiger partial charge in [-0.3, -0.25) is 9.69 Å². The van der Waals surface area contributed by atoms with E-state index < -0.39 is 0 Å². The predicted molar refractivity (Wildman–Crippen MR) is 118 cm³/mol. The maximum atomic E-state index is 12.0. The molecule has 0 aromatic heterocycles. The van der Waals surface area contributed by atoms with Crippen molar-refractivity contribution < 1.29 is 9.53 Å². The number of hydrogen-bond acceptors (Lipinski definition) is 4. The molecule has 2 unspecified atom stereocenters. The Bertz CT molecular complexity index is 642. The number of guanidine groups is 1. The number of carbonyl (C=O) groups excluding carboxylic acids is 1. The molecule has 162 valence electrons. The first-order valence-electron chi connectivity index (χ1n) is 10.5. The number of ether oxygens (including phenoxy) is 1. The van der Waals surface area contributed by atoms with E-state index in [1.807, 2.05) is 18.2 Å². The van der Waals surface area contributed by atoms with Crippen LogP contribution in [0.4, 0.5) is 0 Å². The van der Waals surface area contributed by atoms with E-state index in [4.69, 9.17) is 4.74 Å². The van der Waals surface area contributed by atoms with E-state index in [2.05, 4.69) is 53.4 Å². The number of nitrogens with one attached hydrogen (secondary N) is 2. The van der Waals surface area contributed by atoms with Gasteiger partial charge < -0.3 is 20.3 Å². The van der Waals surface area contributed by atoms with Crippen molar-refractivity contribution >= 4 is 11.9 Å². The quantitative estimate of drug-likeness (QED) is 0.511. The Morgan fingerprint density at radius 2 is 1.83 bits per heavy atom. The summed E-state index contributed by atoms with van der Waals surface area (Å²) < 4.78 is 5.50. The van der Waals surface area contributed by atoms with Gasteiger partial charge in [0.1, 0.15) is 6.54 Å². The Kier molecular flexibility index (Phi) is 9.41. The molecule has 7 heteroatoms. The highest BCUT2D eigenvalue weighted by Crippen LogP contribution is 2.13. The van der Waals surface area contributed by atoms with E-state index >= 15 is 0 Å². The topological polar surface area (TPSA) is 69.2 Å². The number of aliphatic imine (C=N–C) groups is 1. The lowest BCUT2D eigenvalue weighted by molar-refractivity contribution is -0.127. The van der Waals surface area contributed by atoms with E-state index in [9.17, 15) is 4.79 Å². The summed E-state index contributed by atoms with van der Waals surface area (Å²) in [6.45, 7) is 10.9. The van der Waals surface area contributed by atoms with Gasteiger partial charge in [-0.15, -0.1) is 0 Å². The molecule has 1 saturated heterocycles. The van der Waals surface area contributed by atoms with E-state index in [0.717, 1.165) is 32.8 Å². The highest BCUT2D eigenvalue weighted by atomic mass is 16.5. The lowest BCUT2D eigenvalue weighted by Gasteiger charge is -2.37. The number of morpholine rings is 1. The first-order valence-corrected chi connectivity index (χ1v) is 10.5. The predicted octanol–water partition coefficient (Wildman–Crippen LogP) is 1.73. The summed E-state index contributed by atoms with van der Waals surface area (Å²) in [4.78, 5) is 20.6. The van der Waals surface area contributed by atoms with Crippen LogP contribution in [0.5, 0.6) is 0 Å². The third-order valence-corrected chi connectivity index (χ3v) is 5.29. The van der Waals surface area contributed by atoms with Crippen LogP contribution in [0.15, 0.2) is 35.3 Å². The van der Waals surface area contributed by atoms with Gasteiger partial charge in [-0.1, -0.05) is 44.2 Å². The Hall–Kier alpha value is -2.12. The Morgan fingerprint density at radius 3 is 2.41 bits per heavy atom. The molecule has 1 fully saturated rings. The molecule has 7 nitrogen and oxygen atoms in total. The van der Waals surface area contributed by atoms with E-state index in [1.54, 1.807) is 19.0 Å². The van der Waals surface area contributed by atoms with Crippen LogP contribution < -0.4 is 10.6 Å². The van der Waals surface area contributed by atoms with Crippen molar-refractivity contribution in [2.24, 2.45) is 10.9 Å². The highest BCUT2D eigenvalue weighted by Gasteiger charge is 2.24. The largest absolute Gasteiger partial charge is 0.379 e. The maximum absolute atomic E-state index is 12.0. The zero-order valence-electron chi connectivity index (χ0n) is 18.5. The Morgan fingerprint density at radius 1 is 1.17 bits per heavy atom. The molecule has 1 heterocycles. The fourth-order valence-electron chi connectivity index (χ4n) is 3.37. The van der Waals surface area contributed by atoms with Crippen molar-refractivity contribution in [3.63, 3.8) is 0 Å². The summed E-state index contributed by atoms with van der Waals surface area (Å²) in [5.74, 6) is 1.14. The van der Waals surface area contributed by atoms with Crippen molar-refractivity contribution in [1.82, 2.24) is 20.4 Å². The maximum Gasteiger partial charge on any atom is 0.243 e. The molecule has 0 bridgehead atoms. The molecule has 1 aromatic rings. The minimum Gasteiger partial charge on any atom is -0.379 e. The molecular formula is C22H37N5O2. The lowest BCUT2D eigenvalue weighted by Crippen LogP contribution is -2.52. The van der Waals surface area contributed by atoms with Crippen LogP contribution in [0.2, 0.25) is 0 Å². The van der Waals surface area contributed by atoms with Gasteiger partial charge >= 0.3 is 0 Å². The second-order valence-corrected chi connectivity index (χ2v) is 8.07. The van der Waals surface area contributed by atoms with Gasteiger partial charge in [0, 0.05) is 39.8 Å². The van der Waals surface area contributed by atoms with Crippen LogP contribution in [-0.4, -0.2) is 81.2 Å². The summed E-state index contributed by atoms with van der Waals surface area (Å²) in [5.41, 5.74) is 1.18. The number of carbonyl (C=O) groups is 1. The van der Waals surface area contributed by atoms with Crippen LogP contribution in [0.1, 0.15) is 32.4 Å². The fourth-order valence-corrected chi connectivity index (χ4v) is 3.37. The fraction of sp³-hybridized carbons (Fsp3) is 0.636. The van der Waals surface area contributed by atoms with E-state index in [1.165, 1.54) is 5.56 Å². The normalized spacial score (nSPS) is 17.7. The molecule has 0 spiro atoms. The molecule has 29 heavy (non-hydrogen) atoms. The number of amides is 1. The van der Waals surface area contributed by atoms with Crippen molar-refractivity contribution in [3.05, 3.63) is 35.9 Å². The monoisotopic (exact) mass is 403 g/mol. The third-order valence-electron chi connectivity index (χ3n) is 5.29. The van der Waals surface area contributed by atoms with Gasteiger partial charge in [0.25, 0.3) is 0 Å². The van der Waals surface area contributed by atoms with E-state index in [-0.39, 0.29) is 18.5 Å². The van der Waals surface area contributed by atoms with Crippen LogP contribution in [0, 0.1) is 5.92 Å². The number of rotatable bonds is 8. The van der Waals surface area contributed by atoms with E-state index in [0.29, 0.717) is 17.9 Å². The molecule has 1 aliphatic heterocycles. The molecule has 0 aliphatic carbocycles. The third kappa shape index (κ3) is 7.66. The summed E-state index contributed by atoms with van der Waals surface area (Å²) in [7, 11) is 3.50. The van der Waals surface area contributed by atoms with Crippen molar-refractivity contribution in [1.29, 1.82) is 0 Å². The molecule has 1 aromatic carbocycles. The number of benzene rings is 1. The minimum absolute atomic E-state index is 0.0212. The molecular weight excluding hydrogens is 366 g/mol. The second kappa shape index (κ2) is 11.8. The van der Waals surface area contributed by atoms with Crippen molar-refractivity contribution in [2.75, 3.05) is 53.5 Å². The summed E-state index contributed by atoms with van der Waals surface area (Å²) >= 11 is 0. The molecule has 2 atom stereocenters. The Labute approximate surface area is 175 Å². The van der Waals surface area contributed by atoms with Gasteiger partial charge in [0.2, 0.25) is 5.91 Å². The average molecular weight is 404 g/mol. The first kappa shape index (κ1) is 23.2. The van der Waals surface area contributed by atoms with Gasteiger partial charge in [0.15, 0.2) is 5.96 Å². The number of likely N-dealkylation sites (N-methyl/N-ethyl adjacent to an activating group) is 1. The average Bonchev–Trinajstić information content (AvgIpc) is 2.72. The highest BCUT2D eigenvalue weighted by molar-refractivity contribution is 5.85. The van der Waals surface area contributed by atoms with Crippen molar-refractivity contribution in [3.8, 4) is 0 Å². The van der Waals surface area contributed by atoms with Crippen LogP contribution in [0.25, 0.3) is 0 Å². The molecule has 0 radical (unpaired) electrons. The standard InChI is InChI=1S/C22H37N5O2/c1-17(2)20(27-11-13-29-14-12-27)15-23-22(24-16-21(28)26(4)5)25-18(3)19-9-7-6-8-10-19/h6-10,17-18,20H,11-16H2,1-5H3,(H2,23,24,25). The Balaban J connectivity index is 2.06. The van der Waals surface area contributed by atoms with Gasteiger partial charge in [0.05, 0.1) is 19.3 Å². The van der Waals surface area contributed by atoms with Crippen LogP contribution >= 0.6 is 0 Å². The van der Waals surface area contributed by atoms with Gasteiger partial charge in [-0.2, -0.15) is 0 Å². The smallest absolute Gasteiger partial charge is 0.243 e. The second-order valence-electron chi connectivity index (χ2n) is 8.07.